The van der Waals surface area contributed by atoms with Crippen LogP contribution in [0.2, 0.25) is 0 Å². The van der Waals surface area contributed by atoms with Gasteiger partial charge in [-0.15, -0.1) is 0 Å². The maximum atomic E-state index is 12.6. The fourth-order valence-corrected chi connectivity index (χ4v) is 2.37. The highest BCUT2D eigenvalue weighted by atomic mass is 16.3. The molecule has 0 saturated heterocycles. The van der Waals surface area contributed by atoms with Gasteiger partial charge in [0.1, 0.15) is 0 Å². The van der Waals surface area contributed by atoms with Gasteiger partial charge in [-0.25, -0.2) is 4.68 Å². The minimum atomic E-state index is -0.409. The van der Waals surface area contributed by atoms with E-state index < -0.39 is 6.10 Å². The maximum absolute atomic E-state index is 12.6. The van der Waals surface area contributed by atoms with Gasteiger partial charge in [0.05, 0.1) is 29.2 Å². The molecule has 0 aliphatic heterocycles. The summed E-state index contributed by atoms with van der Waals surface area (Å²) in [5, 5.41) is 13.7. The molecule has 1 amide bonds. The van der Waals surface area contributed by atoms with Crippen LogP contribution in [0, 0.1) is 0 Å². The molecule has 1 N–H and O–H groups in total. The molecular formula is C17H23N3O2. The van der Waals surface area contributed by atoms with Crippen molar-refractivity contribution in [2.24, 2.45) is 0 Å². The van der Waals surface area contributed by atoms with Gasteiger partial charge in [-0.2, -0.15) is 5.10 Å². The second kappa shape index (κ2) is 7.22. The van der Waals surface area contributed by atoms with Crippen LogP contribution in [0.25, 0.3) is 5.69 Å². The second-order valence-corrected chi connectivity index (χ2v) is 5.47. The summed E-state index contributed by atoms with van der Waals surface area (Å²) in [5.74, 6) is -0.0559. The van der Waals surface area contributed by atoms with Crippen LogP contribution >= 0.6 is 0 Å². The number of aromatic nitrogens is 2. The summed E-state index contributed by atoms with van der Waals surface area (Å²) in [6.45, 7) is 4.27. The lowest BCUT2D eigenvalue weighted by Gasteiger charge is -2.18. The molecule has 1 unspecified atom stereocenters. The zero-order chi connectivity index (χ0) is 16.1. The van der Waals surface area contributed by atoms with Crippen molar-refractivity contribution in [2.45, 2.75) is 32.8 Å². The highest BCUT2D eigenvalue weighted by molar-refractivity contribution is 5.95. The quantitative estimate of drug-likeness (QED) is 0.890. The fourth-order valence-electron chi connectivity index (χ4n) is 2.37. The van der Waals surface area contributed by atoms with Crippen molar-refractivity contribution < 1.29 is 9.90 Å². The predicted molar refractivity (Wildman–Crippen MR) is 86.2 cm³/mol. The zero-order valence-electron chi connectivity index (χ0n) is 13.4. The third-order valence-electron chi connectivity index (χ3n) is 3.66. The van der Waals surface area contributed by atoms with Crippen molar-refractivity contribution in [2.75, 3.05) is 13.6 Å². The van der Waals surface area contributed by atoms with Gasteiger partial charge in [-0.3, -0.25) is 4.79 Å². The molecule has 0 bridgehead atoms. The molecule has 1 aromatic carbocycles. The van der Waals surface area contributed by atoms with Crippen LogP contribution in [-0.2, 0) is 6.42 Å². The normalized spacial score (nSPS) is 12.2. The molecule has 0 aliphatic rings. The van der Waals surface area contributed by atoms with Gasteiger partial charge in [0.15, 0.2) is 0 Å². The van der Waals surface area contributed by atoms with Crippen LogP contribution in [-0.4, -0.2) is 45.4 Å². The number of carbonyl (C=O) groups is 1. The summed E-state index contributed by atoms with van der Waals surface area (Å²) in [4.78, 5) is 14.2. The van der Waals surface area contributed by atoms with Crippen molar-refractivity contribution in [3.8, 4) is 5.69 Å². The summed E-state index contributed by atoms with van der Waals surface area (Å²) < 4.78 is 1.82. The lowest BCUT2D eigenvalue weighted by molar-refractivity contribution is 0.0768. The third-order valence-corrected chi connectivity index (χ3v) is 3.66. The van der Waals surface area contributed by atoms with E-state index in [4.69, 9.17) is 0 Å². The van der Waals surface area contributed by atoms with Crippen LogP contribution in [0.4, 0.5) is 0 Å². The molecule has 2 rings (SSSR count). The first-order valence-electron chi connectivity index (χ1n) is 7.60. The van der Waals surface area contributed by atoms with Crippen molar-refractivity contribution >= 4 is 5.91 Å². The SMILES string of the molecule is CCc1c(C(=O)N(C)CCC(C)O)cnn1-c1ccccc1. The van der Waals surface area contributed by atoms with E-state index in [0.29, 0.717) is 18.5 Å². The first-order chi connectivity index (χ1) is 10.5. The molecule has 1 heterocycles. The Morgan fingerprint density at radius 1 is 1.36 bits per heavy atom. The number of amides is 1. The minimum absolute atomic E-state index is 0.0559. The number of hydrogen-bond donors (Lipinski definition) is 1. The van der Waals surface area contributed by atoms with Crippen LogP contribution in [0.15, 0.2) is 36.5 Å². The topological polar surface area (TPSA) is 58.4 Å². The first-order valence-corrected chi connectivity index (χ1v) is 7.60. The van der Waals surface area contributed by atoms with Gasteiger partial charge in [-0.05, 0) is 31.9 Å². The molecule has 5 nitrogen and oxygen atoms in total. The number of aliphatic hydroxyl groups excluding tert-OH is 1. The fraction of sp³-hybridized carbons (Fsp3) is 0.412. The smallest absolute Gasteiger partial charge is 0.257 e. The van der Waals surface area contributed by atoms with Crippen molar-refractivity contribution in [1.29, 1.82) is 0 Å². The van der Waals surface area contributed by atoms with E-state index in [9.17, 15) is 9.90 Å². The number of carbonyl (C=O) groups excluding carboxylic acids is 1. The van der Waals surface area contributed by atoms with Crippen LogP contribution in [0.5, 0.6) is 0 Å². The van der Waals surface area contributed by atoms with E-state index in [-0.39, 0.29) is 5.91 Å². The minimum Gasteiger partial charge on any atom is -0.393 e. The van der Waals surface area contributed by atoms with E-state index >= 15 is 0 Å². The van der Waals surface area contributed by atoms with Gasteiger partial charge in [0.2, 0.25) is 0 Å². The lowest BCUT2D eigenvalue weighted by Crippen LogP contribution is -2.30. The summed E-state index contributed by atoms with van der Waals surface area (Å²) in [5.41, 5.74) is 2.48. The van der Waals surface area contributed by atoms with E-state index in [0.717, 1.165) is 17.8 Å². The van der Waals surface area contributed by atoms with Gasteiger partial charge in [0, 0.05) is 13.6 Å². The van der Waals surface area contributed by atoms with E-state index in [1.807, 2.05) is 41.9 Å². The largest absolute Gasteiger partial charge is 0.393 e. The Kier molecular flexibility index (Phi) is 5.33. The Hall–Kier alpha value is -2.14. The van der Waals surface area contributed by atoms with Gasteiger partial charge < -0.3 is 10.0 Å². The summed E-state index contributed by atoms with van der Waals surface area (Å²) in [6.07, 6.45) is 2.51. The lowest BCUT2D eigenvalue weighted by atomic mass is 10.1. The summed E-state index contributed by atoms with van der Waals surface area (Å²) in [7, 11) is 1.75. The Morgan fingerprint density at radius 2 is 2.05 bits per heavy atom. The number of para-hydroxylation sites is 1. The molecule has 0 fully saturated rings. The van der Waals surface area contributed by atoms with Gasteiger partial charge in [-0.1, -0.05) is 25.1 Å². The number of benzene rings is 1. The highest BCUT2D eigenvalue weighted by Gasteiger charge is 2.20. The standard InChI is InChI=1S/C17H23N3O2/c1-4-16-15(17(22)19(3)11-10-13(2)21)12-18-20(16)14-8-6-5-7-9-14/h5-9,12-13,21H,4,10-11H2,1-3H3. The molecule has 0 aliphatic carbocycles. The Labute approximate surface area is 131 Å². The Bertz CT molecular complexity index is 620. The van der Waals surface area contributed by atoms with E-state index in [1.165, 1.54) is 0 Å². The average Bonchev–Trinajstić information content (AvgIpc) is 2.96. The average molecular weight is 301 g/mol. The summed E-state index contributed by atoms with van der Waals surface area (Å²) >= 11 is 0. The van der Waals surface area contributed by atoms with Crippen LogP contribution in [0.3, 0.4) is 0 Å². The molecule has 2 aromatic rings. The molecule has 22 heavy (non-hydrogen) atoms. The van der Waals surface area contributed by atoms with Crippen LogP contribution in [0.1, 0.15) is 36.3 Å². The van der Waals surface area contributed by atoms with Gasteiger partial charge in [0.25, 0.3) is 5.91 Å². The zero-order valence-corrected chi connectivity index (χ0v) is 13.4. The molecule has 0 saturated carbocycles. The third kappa shape index (κ3) is 3.54. The van der Waals surface area contributed by atoms with Gasteiger partial charge >= 0.3 is 0 Å². The monoisotopic (exact) mass is 301 g/mol. The Balaban J connectivity index is 2.25. The van der Waals surface area contributed by atoms with Crippen molar-refractivity contribution in [3.63, 3.8) is 0 Å². The molecule has 5 heteroatoms. The highest BCUT2D eigenvalue weighted by Crippen LogP contribution is 2.17. The van der Waals surface area contributed by atoms with Crippen molar-refractivity contribution in [3.05, 3.63) is 47.8 Å². The number of nitrogens with zero attached hydrogens (tertiary/aromatic N) is 3. The predicted octanol–water partition coefficient (Wildman–Crippen LogP) is 2.28. The summed E-state index contributed by atoms with van der Waals surface area (Å²) in [6, 6.07) is 9.79. The number of rotatable bonds is 6. The molecular weight excluding hydrogens is 278 g/mol. The molecule has 0 radical (unpaired) electrons. The molecule has 118 valence electrons. The maximum Gasteiger partial charge on any atom is 0.257 e. The number of hydrogen-bond acceptors (Lipinski definition) is 3. The van der Waals surface area contributed by atoms with E-state index in [2.05, 4.69) is 5.10 Å². The van der Waals surface area contributed by atoms with Crippen molar-refractivity contribution in [1.82, 2.24) is 14.7 Å². The molecule has 1 aromatic heterocycles. The second-order valence-electron chi connectivity index (χ2n) is 5.47. The Morgan fingerprint density at radius 3 is 2.64 bits per heavy atom. The molecule has 0 spiro atoms. The first kappa shape index (κ1) is 16.2. The number of aliphatic hydroxyl groups is 1. The van der Waals surface area contributed by atoms with Crippen LogP contribution < -0.4 is 0 Å². The van der Waals surface area contributed by atoms with E-state index in [1.54, 1.807) is 25.1 Å². The molecule has 1 atom stereocenters.